The van der Waals surface area contributed by atoms with Crippen LogP contribution in [-0.2, 0) is 4.79 Å². The number of phenolic OH excluding ortho intramolecular Hbond substituents is 1. The molecule has 2 amide bonds. The Kier molecular flexibility index (Phi) is 7.94. The fraction of sp³-hybridized carbons (Fsp3) is 0.250. The van der Waals surface area contributed by atoms with Gasteiger partial charge < -0.3 is 15.2 Å². The summed E-state index contributed by atoms with van der Waals surface area (Å²) in [6, 6.07) is 7.46. The van der Waals surface area contributed by atoms with Crippen LogP contribution in [0.5, 0.6) is 11.5 Å². The lowest BCUT2D eigenvalue weighted by molar-refractivity contribution is -0.123. The Labute approximate surface area is 181 Å². The molecule has 0 bridgehead atoms. The predicted octanol–water partition coefficient (Wildman–Crippen LogP) is 3.05. The number of aromatic hydroxyl groups is 1. The molecule has 154 valence electrons. The summed E-state index contributed by atoms with van der Waals surface area (Å²) >= 11 is 1.95. The quantitative estimate of drug-likeness (QED) is 0.301. The molecule has 0 heterocycles. The third-order valence-electron chi connectivity index (χ3n) is 4.00. The van der Waals surface area contributed by atoms with Gasteiger partial charge in [0, 0.05) is 5.56 Å². The zero-order chi connectivity index (χ0) is 21.6. The van der Waals surface area contributed by atoms with E-state index in [0.29, 0.717) is 9.13 Å². The van der Waals surface area contributed by atoms with Crippen LogP contribution >= 0.6 is 22.6 Å². The first-order valence-electron chi connectivity index (χ1n) is 8.68. The molecule has 0 fully saturated rings. The lowest BCUT2D eigenvalue weighted by Gasteiger charge is -2.20. The van der Waals surface area contributed by atoms with Gasteiger partial charge in [-0.2, -0.15) is 5.10 Å². The number of nitrogens with one attached hydrogen (secondary N) is 2. The number of methoxy groups -OCH3 is 1. The van der Waals surface area contributed by atoms with Crippen molar-refractivity contribution in [2.75, 3.05) is 7.11 Å². The molecule has 0 radical (unpaired) electrons. The third kappa shape index (κ3) is 6.14. The van der Waals surface area contributed by atoms with Crippen molar-refractivity contribution in [1.29, 1.82) is 0 Å². The second kappa shape index (κ2) is 10.2. The molecule has 0 aliphatic heterocycles. The van der Waals surface area contributed by atoms with Gasteiger partial charge in [0.1, 0.15) is 11.9 Å². The molecule has 0 aliphatic carbocycles. The van der Waals surface area contributed by atoms with E-state index in [1.54, 1.807) is 26.0 Å². The highest BCUT2D eigenvalue weighted by atomic mass is 127. The minimum absolute atomic E-state index is 0.0256. The lowest BCUT2D eigenvalue weighted by atomic mass is 10.0. The number of carbonyl (C=O) groups excluding carboxylic acids is 2. The van der Waals surface area contributed by atoms with Crippen molar-refractivity contribution in [2.24, 2.45) is 11.0 Å². The molecule has 9 heteroatoms. The summed E-state index contributed by atoms with van der Waals surface area (Å²) < 4.78 is 18.7. The minimum atomic E-state index is -0.834. The Morgan fingerprint density at radius 2 is 1.90 bits per heavy atom. The van der Waals surface area contributed by atoms with Crippen molar-refractivity contribution < 1.29 is 23.8 Å². The summed E-state index contributed by atoms with van der Waals surface area (Å²) in [5.41, 5.74) is 3.26. The second-order valence-electron chi connectivity index (χ2n) is 6.49. The SMILES string of the molecule is COc1cc(C=NNC(=O)C(NC(=O)c2ccc(F)cc2)C(C)C)cc(I)c1O. The Bertz CT molecular complexity index is 917. The van der Waals surface area contributed by atoms with Crippen LogP contribution in [0.25, 0.3) is 0 Å². The van der Waals surface area contributed by atoms with Crippen LogP contribution in [0.2, 0.25) is 0 Å². The maximum Gasteiger partial charge on any atom is 0.262 e. The standard InChI is InChI=1S/C20H21FIN3O4/c1-11(2)17(24-19(27)13-4-6-14(21)7-5-13)20(28)25-23-10-12-8-15(22)18(26)16(9-12)29-3/h4-11,17,26H,1-3H3,(H,24,27)(H,25,28). The Balaban J connectivity index is 2.06. The zero-order valence-corrected chi connectivity index (χ0v) is 18.2. The van der Waals surface area contributed by atoms with Gasteiger partial charge in [0.15, 0.2) is 11.5 Å². The minimum Gasteiger partial charge on any atom is -0.504 e. The van der Waals surface area contributed by atoms with Gasteiger partial charge >= 0.3 is 0 Å². The molecular formula is C20H21FIN3O4. The smallest absolute Gasteiger partial charge is 0.262 e. The van der Waals surface area contributed by atoms with E-state index in [-0.39, 0.29) is 23.0 Å². The number of hydrogen-bond acceptors (Lipinski definition) is 5. The van der Waals surface area contributed by atoms with E-state index in [0.717, 1.165) is 0 Å². The van der Waals surface area contributed by atoms with Gasteiger partial charge in [0.25, 0.3) is 11.8 Å². The van der Waals surface area contributed by atoms with E-state index in [2.05, 4.69) is 15.8 Å². The number of phenols is 1. The van der Waals surface area contributed by atoms with Crippen molar-refractivity contribution in [3.8, 4) is 11.5 Å². The average Bonchev–Trinajstić information content (AvgIpc) is 2.68. The zero-order valence-electron chi connectivity index (χ0n) is 16.1. The highest BCUT2D eigenvalue weighted by Crippen LogP contribution is 2.31. The summed E-state index contributed by atoms with van der Waals surface area (Å²) in [4.78, 5) is 24.8. The molecular weight excluding hydrogens is 492 g/mol. The number of rotatable bonds is 7. The molecule has 1 atom stereocenters. The van der Waals surface area contributed by atoms with Crippen LogP contribution in [0.1, 0.15) is 29.8 Å². The molecule has 3 N–H and O–H groups in total. The summed E-state index contributed by atoms with van der Waals surface area (Å²) in [7, 11) is 1.44. The van der Waals surface area contributed by atoms with Gasteiger partial charge in [-0.25, -0.2) is 9.82 Å². The maximum atomic E-state index is 13.0. The monoisotopic (exact) mass is 513 g/mol. The Morgan fingerprint density at radius 1 is 1.24 bits per heavy atom. The van der Waals surface area contributed by atoms with Crippen molar-refractivity contribution in [2.45, 2.75) is 19.9 Å². The summed E-state index contributed by atoms with van der Waals surface area (Å²) in [6.07, 6.45) is 1.40. The van der Waals surface area contributed by atoms with Crippen molar-refractivity contribution in [3.63, 3.8) is 0 Å². The van der Waals surface area contributed by atoms with Gasteiger partial charge in [0.2, 0.25) is 0 Å². The van der Waals surface area contributed by atoms with Crippen LogP contribution in [0.4, 0.5) is 4.39 Å². The topological polar surface area (TPSA) is 100 Å². The molecule has 7 nitrogen and oxygen atoms in total. The molecule has 29 heavy (non-hydrogen) atoms. The number of hydrazone groups is 1. The van der Waals surface area contributed by atoms with Crippen LogP contribution in [0.3, 0.4) is 0 Å². The third-order valence-corrected chi connectivity index (χ3v) is 4.82. The number of halogens is 2. The fourth-order valence-electron chi connectivity index (χ4n) is 2.42. The molecule has 2 aromatic carbocycles. The molecule has 2 rings (SSSR count). The maximum absolute atomic E-state index is 13.0. The predicted molar refractivity (Wildman–Crippen MR) is 116 cm³/mol. The number of amides is 2. The summed E-state index contributed by atoms with van der Waals surface area (Å²) in [5, 5.41) is 16.4. The van der Waals surface area contributed by atoms with Crippen molar-refractivity contribution in [3.05, 3.63) is 56.9 Å². The Hall–Kier alpha value is -2.69. The molecule has 0 spiro atoms. The van der Waals surface area contributed by atoms with Gasteiger partial charge in [0.05, 0.1) is 16.9 Å². The van der Waals surface area contributed by atoms with Crippen molar-refractivity contribution >= 4 is 40.6 Å². The number of hydrogen-bond donors (Lipinski definition) is 3. The summed E-state index contributed by atoms with van der Waals surface area (Å²) in [6.45, 7) is 3.57. The average molecular weight is 513 g/mol. The number of benzene rings is 2. The molecule has 2 aromatic rings. The van der Waals surface area contributed by atoms with Crippen LogP contribution in [0, 0.1) is 15.3 Å². The van der Waals surface area contributed by atoms with Gasteiger partial charge in [-0.3, -0.25) is 9.59 Å². The van der Waals surface area contributed by atoms with Crippen LogP contribution in [-0.4, -0.2) is 36.3 Å². The molecule has 0 aromatic heterocycles. The largest absolute Gasteiger partial charge is 0.504 e. The van der Waals surface area contributed by atoms with Crippen LogP contribution in [0.15, 0.2) is 41.5 Å². The summed E-state index contributed by atoms with van der Waals surface area (Å²) in [5.74, 6) is -1.32. The van der Waals surface area contributed by atoms with Gasteiger partial charge in [-0.15, -0.1) is 0 Å². The van der Waals surface area contributed by atoms with Crippen LogP contribution < -0.4 is 15.5 Å². The normalized spacial score (nSPS) is 12.1. The molecule has 1 unspecified atom stereocenters. The number of nitrogens with zero attached hydrogens (tertiary/aromatic N) is 1. The van der Waals surface area contributed by atoms with Gasteiger partial charge in [-0.1, -0.05) is 13.8 Å². The van der Waals surface area contributed by atoms with Crippen molar-refractivity contribution in [1.82, 2.24) is 10.7 Å². The lowest BCUT2D eigenvalue weighted by Crippen LogP contribution is -2.48. The van der Waals surface area contributed by atoms with Gasteiger partial charge in [-0.05, 0) is 70.5 Å². The molecule has 0 aliphatic rings. The Morgan fingerprint density at radius 3 is 2.48 bits per heavy atom. The van der Waals surface area contributed by atoms with E-state index in [4.69, 9.17) is 4.74 Å². The van der Waals surface area contributed by atoms with E-state index in [1.807, 2.05) is 22.6 Å². The van der Waals surface area contributed by atoms with E-state index >= 15 is 0 Å². The van der Waals surface area contributed by atoms with E-state index in [1.165, 1.54) is 37.6 Å². The first-order chi connectivity index (χ1) is 13.7. The second-order valence-corrected chi connectivity index (χ2v) is 7.65. The highest BCUT2D eigenvalue weighted by molar-refractivity contribution is 14.1. The first kappa shape index (κ1) is 22.6. The number of carbonyl (C=O) groups is 2. The first-order valence-corrected chi connectivity index (χ1v) is 9.76. The molecule has 0 saturated heterocycles. The van der Waals surface area contributed by atoms with E-state index in [9.17, 15) is 19.1 Å². The van der Waals surface area contributed by atoms with E-state index < -0.39 is 23.7 Å². The fourth-order valence-corrected chi connectivity index (χ4v) is 3.05. The number of ether oxygens (including phenoxy) is 1. The molecule has 0 saturated carbocycles. The highest BCUT2D eigenvalue weighted by Gasteiger charge is 2.24.